The van der Waals surface area contributed by atoms with E-state index in [2.05, 4.69) is 20.2 Å². The molecule has 1 unspecified atom stereocenters. The van der Waals surface area contributed by atoms with Gasteiger partial charge in [0.25, 0.3) is 0 Å². The number of methoxy groups -OCH3 is 1. The van der Waals surface area contributed by atoms with Crippen molar-refractivity contribution in [3.8, 4) is 11.5 Å². The molecule has 40 heavy (non-hydrogen) atoms. The number of halogens is 3. The van der Waals surface area contributed by atoms with Crippen LogP contribution in [0.25, 0.3) is 10.9 Å². The minimum absolute atomic E-state index is 0. The van der Waals surface area contributed by atoms with E-state index in [1.165, 1.54) is 17.3 Å². The number of carbonyl (C=O) groups excluding carboxylic acids is 2. The van der Waals surface area contributed by atoms with Gasteiger partial charge in [-0.1, -0.05) is 12.1 Å². The van der Waals surface area contributed by atoms with Crippen LogP contribution < -0.4 is 14.8 Å². The molecule has 2 aliphatic rings. The largest absolute Gasteiger partial charge is 0.493 e. The van der Waals surface area contributed by atoms with E-state index in [1.54, 1.807) is 45.5 Å². The van der Waals surface area contributed by atoms with Crippen molar-refractivity contribution in [3.05, 3.63) is 53.7 Å². The zero-order valence-electron chi connectivity index (χ0n) is 22.6. The standard InChI is InChI=1S/C24H25FN4O4.C3H7NO.2ClH/c1-31-19-12-16-18(13-20(19)33-9-3-6-29-7-10-32-11-8-29)26-14-27-23(16)21-15-4-2-5-17(25)22(15)28-24(21)30;1-4(2)3-5;;/h2,4-5,12-14,21H,3,6-11H2,1H3,(H,28,30);3H,1-2H3;2*1H. The van der Waals surface area contributed by atoms with Crippen LogP contribution in [0.3, 0.4) is 0 Å². The molecule has 1 aromatic heterocycles. The molecule has 2 aromatic carbocycles. The number of benzene rings is 2. The molecule has 3 aromatic rings. The number of amides is 2. The van der Waals surface area contributed by atoms with Crippen molar-refractivity contribution in [3.63, 3.8) is 0 Å². The molecule has 1 atom stereocenters. The van der Waals surface area contributed by atoms with Gasteiger partial charge in [0.2, 0.25) is 12.3 Å². The average molecular weight is 599 g/mol. The molecular formula is C27H34Cl2FN5O5. The first-order chi connectivity index (χ1) is 18.4. The fourth-order valence-corrected chi connectivity index (χ4v) is 4.40. The van der Waals surface area contributed by atoms with Crippen LogP contribution in [0.5, 0.6) is 11.5 Å². The third-order valence-corrected chi connectivity index (χ3v) is 6.28. The molecule has 1 saturated heterocycles. The van der Waals surface area contributed by atoms with E-state index < -0.39 is 11.7 Å². The number of fused-ring (bicyclic) bond motifs is 2. The molecule has 218 valence electrons. The second-order valence-electron chi connectivity index (χ2n) is 9.13. The summed E-state index contributed by atoms with van der Waals surface area (Å²) in [4.78, 5) is 34.8. The fourth-order valence-electron chi connectivity index (χ4n) is 4.40. The van der Waals surface area contributed by atoms with Gasteiger partial charge in [0, 0.05) is 45.2 Å². The third-order valence-electron chi connectivity index (χ3n) is 6.28. The van der Waals surface area contributed by atoms with Crippen LogP contribution in [0.4, 0.5) is 10.1 Å². The molecule has 5 rings (SSSR count). The second kappa shape index (κ2) is 15.5. The summed E-state index contributed by atoms with van der Waals surface area (Å²) in [5.74, 6) is -0.405. The van der Waals surface area contributed by atoms with Crippen molar-refractivity contribution in [2.45, 2.75) is 12.3 Å². The number of nitrogens with zero attached hydrogens (tertiary/aromatic N) is 4. The highest BCUT2D eigenvalue weighted by molar-refractivity contribution is 6.07. The van der Waals surface area contributed by atoms with Crippen molar-refractivity contribution >= 4 is 53.7 Å². The topological polar surface area (TPSA) is 106 Å². The van der Waals surface area contributed by atoms with E-state index in [9.17, 15) is 14.0 Å². The van der Waals surface area contributed by atoms with E-state index in [0.717, 1.165) is 45.7 Å². The Kier molecular flexibility index (Phi) is 12.8. The van der Waals surface area contributed by atoms with Gasteiger partial charge in [-0.2, -0.15) is 0 Å². The summed E-state index contributed by atoms with van der Waals surface area (Å²) in [5, 5.41) is 3.30. The predicted molar refractivity (Wildman–Crippen MR) is 155 cm³/mol. The van der Waals surface area contributed by atoms with E-state index in [0.29, 0.717) is 40.3 Å². The summed E-state index contributed by atoms with van der Waals surface area (Å²) in [5.41, 5.74) is 1.88. The maximum atomic E-state index is 14.2. The molecule has 1 N–H and O–H groups in total. The number of ether oxygens (including phenoxy) is 3. The van der Waals surface area contributed by atoms with Gasteiger partial charge in [-0.25, -0.2) is 14.4 Å². The second-order valence-corrected chi connectivity index (χ2v) is 9.13. The minimum Gasteiger partial charge on any atom is -0.493 e. The third kappa shape index (κ3) is 7.69. The minimum atomic E-state index is -0.730. The van der Waals surface area contributed by atoms with Crippen molar-refractivity contribution < 1.29 is 28.2 Å². The summed E-state index contributed by atoms with van der Waals surface area (Å²) >= 11 is 0. The quantitative estimate of drug-likeness (QED) is 0.310. The molecule has 0 spiro atoms. The van der Waals surface area contributed by atoms with Gasteiger partial charge in [-0.3, -0.25) is 14.5 Å². The molecule has 2 amide bonds. The van der Waals surface area contributed by atoms with Crippen LogP contribution in [0.1, 0.15) is 23.6 Å². The van der Waals surface area contributed by atoms with Crippen molar-refractivity contribution in [2.24, 2.45) is 0 Å². The van der Waals surface area contributed by atoms with Gasteiger partial charge in [-0.05, 0) is 24.1 Å². The zero-order valence-corrected chi connectivity index (χ0v) is 24.2. The maximum absolute atomic E-state index is 14.2. The van der Waals surface area contributed by atoms with Crippen molar-refractivity contribution in [1.29, 1.82) is 0 Å². The fraction of sp³-hybridized carbons (Fsp3) is 0.407. The van der Waals surface area contributed by atoms with Gasteiger partial charge in [0.1, 0.15) is 18.1 Å². The molecule has 2 aliphatic heterocycles. The van der Waals surface area contributed by atoms with Gasteiger partial charge < -0.3 is 24.4 Å². The molecule has 0 bridgehead atoms. The van der Waals surface area contributed by atoms with Crippen LogP contribution in [-0.2, 0) is 14.3 Å². The Morgan fingerprint density at radius 2 is 1.90 bits per heavy atom. The highest BCUT2D eigenvalue weighted by atomic mass is 35.5. The average Bonchev–Trinajstić information content (AvgIpc) is 3.28. The number of hydrogen-bond donors (Lipinski definition) is 1. The van der Waals surface area contributed by atoms with E-state index in [1.807, 2.05) is 0 Å². The molecule has 13 heteroatoms. The molecule has 10 nitrogen and oxygen atoms in total. The summed E-state index contributed by atoms with van der Waals surface area (Å²) in [7, 11) is 4.94. The number of rotatable bonds is 8. The number of para-hydroxylation sites is 1. The predicted octanol–water partition coefficient (Wildman–Crippen LogP) is 3.51. The Bertz CT molecular complexity index is 1290. The number of nitrogens with one attached hydrogen (secondary N) is 1. The van der Waals surface area contributed by atoms with Gasteiger partial charge in [0.05, 0.1) is 43.8 Å². The van der Waals surface area contributed by atoms with Crippen LogP contribution in [0.2, 0.25) is 0 Å². The summed E-state index contributed by atoms with van der Waals surface area (Å²) in [6.07, 6.45) is 3.04. The van der Waals surface area contributed by atoms with Crippen molar-refractivity contribution in [1.82, 2.24) is 19.8 Å². The van der Waals surface area contributed by atoms with Crippen LogP contribution in [-0.4, -0.2) is 92.7 Å². The molecular weight excluding hydrogens is 564 g/mol. The summed E-state index contributed by atoms with van der Waals surface area (Å²) in [6.45, 7) is 4.92. The Morgan fingerprint density at radius 1 is 1.18 bits per heavy atom. The maximum Gasteiger partial charge on any atom is 0.238 e. The number of morpholine rings is 1. The number of aromatic nitrogens is 2. The van der Waals surface area contributed by atoms with Crippen molar-refractivity contribution in [2.75, 3.05) is 66.0 Å². The molecule has 0 saturated carbocycles. The van der Waals surface area contributed by atoms with Crippen LogP contribution in [0.15, 0.2) is 36.7 Å². The molecule has 1 fully saturated rings. The zero-order chi connectivity index (χ0) is 27.1. The molecule has 0 radical (unpaired) electrons. The lowest BCUT2D eigenvalue weighted by atomic mass is 9.94. The lowest BCUT2D eigenvalue weighted by Crippen LogP contribution is -2.37. The van der Waals surface area contributed by atoms with Gasteiger partial charge in [-0.15, -0.1) is 24.8 Å². The molecule has 3 heterocycles. The van der Waals surface area contributed by atoms with Gasteiger partial charge >= 0.3 is 0 Å². The SMILES string of the molecule is CN(C)C=O.COc1cc2c(C3C(=O)Nc4c(F)cccc43)ncnc2cc1OCCCN1CCOCC1.Cl.Cl. The first-order valence-corrected chi connectivity index (χ1v) is 12.4. The monoisotopic (exact) mass is 597 g/mol. The van der Waals surface area contributed by atoms with E-state index >= 15 is 0 Å². The van der Waals surface area contributed by atoms with E-state index in [-0.39, 0.29) is 36.4 Å². The number of carbonyl (C=O) groups is 2. The highest BCUT2D eigenvalue weighted by Crippen LogP contribution is 2.41. The Morgan fingerprint density at radius 3 is 2.58 bits per heavy atom. The highest BCUT2D eigenvalue weighted by Gasteiger charge is 2.36. The normalized spacial score (nSPS) is 15.9. The van der Waals surface area contributed by atoms with Gasteiger partial charge in [0.15, 0.2) is 11.5 Å². The summed E-state index contributed by atoms with van der Waals surface area (Å²) in [6, 6.07) is 8.23. The first kappa shape index (κ1) is 33.0. The lowest BCUT2D eigenvalue weighted by Gasteiger charge is -2.26. The first-order valence-electron chi connectivity index (χ1n) is 12.4. The Balaban J connectivity index is 0.000000738. The Hall–Kier alpha value is -3.25. The van der Waals surface area contributed by atoms with Crippen LogP contribution >= 0.6 is 24.8 Å². The lowest BCUT2D eigenvalue weighted by molar-refractivity contribution is -0.116. The van der Waals surface area contributed by atoms with Crippen LogP contribution in [0, 0.1) is 5.82 Å². The summed E-state index contributed by atoms with van der Waals surface area (Å²) < 4.78 is 31.2. The van der Waals surface area contributed by atoms with E-state index in [4.69, 9.17) is 14.2 Å². The number of hydrogen-bond acceptors (Lipinski definition) is 8. The molecule has 0 aliphatic carbocycles. The smallest absolute Gasteiger partial charge is 0.238 e. The number of anilines is 1. The Labute approximate surface area is 245 Å².